The van der Waals surface area contributed by atoms with E-state index >= 15 is 0 Å². The van der Waals surface area contributed by atoms with E-state index in [9.17, 15) is 0 Å². The number of aryl methyl sites for hydroxylation is 1. The molecule has 1 aromatic rings. The summed E-state index contributed by atoms with van der Waals surface area (Å²) in [5, 5.41) is 4.67. The van der Waals surface area contributed by atoms with Crippen molar-refractivity contribution >= 4 is 16.5 Å². The van der Waals surface area contributed by atoms with Crippen LogP contribution in [-0.2, 0) is 6.42 Å². The Morgan fingerprint density at radius 1 is 1.40 bits per heavy atom. The first kappa shape index (κ1) is 14.3. The molecule has 1 aliphatic carbocycles. The van der Waals surface area contributed by atoms with Gasteiger partial charge in [0.15, 0.2) is 5.13 Å². The fourth-order valence-corrected chi connectivity index (χ4v) is 4.58. The number of nitrogens with zero attached hydrogens (tertiary/aromatic N) is 3. The molecule has 2 aliphatic rings. The lowest BCUT2D eigenvalue weighted by Gasteiger charge is -2.39. The predicted octanol–water partition coefficient (Wildman–Crippen LogP) is 2.27. The molecular weight excluding hydrogens is 268 g/mol. The lowest BCUT2D eigenvalue weighted by molar-refractivity contribution is 0.213. The van der Waals surface area contributed by atoms with Crippen LogP contribution in [-0.4, -0.2) is 49.7 Å². The Balaban J connectivity index is 1.79. The van der Waals surface area contributed by atoms with E-state index in [4.69, 9.17) is 4.98 Å². The van der Waals surface area contributed by atoms with Crippen LogP contribution in [0.2, 0.25) is 0 Å². The minimum Gasteiger partial charge on any atom is -0.345 e. The third-order valence-electron chi connectivity index (χ3n) is 4.81. The Labute approximate surface area is 126 Å². The average molecular weight is 294 g/mol. The van der Waals surface area contributed by atoms with Crippen molar-refractivity contribution in [2.75, 3.05) is 38.6 Å². The fourth-order valence-electron chi connectivity index (χ4n) is 3.38. The van der Waals surface area contributed by atoms with Gasteiger partial charge in [-0.3, -0.25) is 4.90 Å². The molecule has 1 N–H and O–H groups in total. The summed E-state index contributed by atoms with van der Waals surface area (Å²) >= 11 is 1.93. The van der Waals surface area contributed by atoms with Crippen molar-refractivity contribution in [1.29, 1.82) is 0 Å². The molecule has 1 saturated heterocycles. The molecule has 3 rings (SSSR count). The first-order valence-corrected chi connectivity index (χ1v) is 8.66. The highest BCUT2D eigenvalue weighted by atomic mass is 32.1. The van der Waals surface area contributed by atoms with Crippen LogP contribution in [0.3, 0.4) is 0 Å². The third-order valence-corrected chi connectivity index (χ3v) is 6.00. The van der Waals surface area contributed by atoms with Gasteiger partial charge in [-0.2, -0.15) is 0 Å². The van der Waals surface area contributed by atoms with Crippen LogP contribution in [0.25, 0.3) is 0 Å². The Hall–Kier alpha value is -0.650. The van der Waals surface area contributed by atoms with E-state index in [1.807, 2.05) is 11.3 Å². The topological polar surface area (TPSA) is 31.4 Å². The normalized spacial score (nSPS) is 27.6. The lowest BCUT2D eigenvalue weighted by Crippen LogP contribution is -2.51. The van der Waals surface area contributed by atoms with Crippen molar-refractivity contribution in [3.8, 4) is 0 Å². The van der Waals surface area contributed by atoms with Gasteiger partial charge >= 0.3 is 0 Å². The Morgan fingerprint density at radius 2 is 2.25 bits per heavy atom. The molecule has 2 atom stereocenters. The zero-order valence-electron chi connectivity index (χ0n) is 12.9. The van der Waals surface area contributed by atoms with Gasteiger partial charge in [-0.25, -0.2) is 4.98 Å². The van der Waals surface area contributed by atoms with Gasteiger partial charge in [0.2, 0.25) is 0 Å². The van der Waals surface area contributed by atoms with Crippen molar-refractivity contribution < 1.29 is 0 Å². The van der Waals surface area contributed by atoms with Gasteiger partial charge < -0.3 is 10.2 Å². The van der Waals surface area contributed by atoms with Crippen LogP contribution in [0.1, 0.15) is 42.8 Å². The van der Waals surface area contributed by atoms with Crippen molar-refractivity contribution in [3.63, 3.8) is 0 Å². The average Bonchev–Trinajstić information content (AvgIpc) is 2.91. The summed E-state index contributed by atoms with van der Waals surface area (Å²) in [6, 6.07) is 1.14. The number of aromatic nitrogens is 1. The maximum Gasteiger partial charge on any atom is 0.185 e. The summed E-state index contributed by atoms with van der Waals surface area (Å²) in [6.07, 6.45) is 4.96. The van der Waals surface area contributed by atoms with Crippen molar-refractivity contribution in [1.82, 2.24) is 15.2 Å². The second-order valence-corrected chi connectivity index (χ2v) is 7.09. The summed E-state index contributed by atoms with van der Waals surface area (Å²) in [4.78, 5) is 11.5. The molecule has 0 radical (unpaired) electrons. The molecule has 0 spiro atoms. The standard InChI is InChI=1S/C15H26N4S/c1-4-11-10-19(9-8-18(11)3)15-17-14-12(16-2)6-5-7-13(14)20-15/h11-12,16H,4-10H2,1-3H3. The van der Waals surface area contributed by atoms with Crippen LogP contribution in [0.15, 0.2) is 0 Å². The molecule has 0 aromatic carbocycles. The molecule has 2 heterocycles. The second-order valence-electron chi connectivity index (χ2n) is 6.03. The quantitative estimate of drug-likeness (QED) is 0.927. The second kappa shape index (κ2) is 6.00. The van der Waals surface area contributed by atoms with E-state index in [1.165, 1.54) is 41.4 Å². The number of thiazole rings is 1. The first-order valence-electron chi connectivity index (χ1n) is 7.85. The van der Waals surface area contributed by atoms with Crippen LogP contribution in [0.4, 0.5) is 5.13 Å². The first-order chi connectivity index (χ1) is 9.72. The smallest absolute Gasteiger partial charge is 0.185 e. The van der Waals surface area contributed by atoms with Gasteiger partial charge in [-0.05, 0) is 39.8 Å². The molecule has 4 nitrogen and oxygen atoms in total. The third kappa shape index (κ3) is 2.59. The van der Waals surface area contributed by atoms with E-state index in [1.54, 1.807) is 0 Å². The zero-order chi connectivity index (χ0) is 14.1. The molecule has 1 aromatic heterocycles. The fraction of sp³-hybridized carbons (Fsp3) is 0.800. The number of anilines is 1. The van der Waals surface area contributed by atoms with E-state index in [2.05, 4.69) is 36.1 Å². The summed E-state index contributed by atoms with van der Waals surface area (Å²) in [7, 11) is 4.30. The number of hydrogen-bond acceptors (Lipinski definition) is 5. The van der Waals surface area contributed by atoms with E-state index in [-0.39, 0.29) is 0 Å². The molecule has 1 aliphatic heterocycles. The van der Waals surface area contributed by atoms with Crippen molar-refractivity contribution in [2.45, 2.75) is 44.7 Å². The van der Waals surface area contributed by atoms with Gasteiger partial charge in [0.05, 0.1) is 11.7 Å². The van der Waals surface area contributed by atoms with Crippen LogP contribution < -0.4 is 10.2 Å². The SMILES string of the molecule is CCC1CN(c2nc3c(s2)CCCC3NC)CCN1C. The number of piperazine rings is 1. The number of hydrogen-bond donors (Lipinski definition) is 1. The number of nitrogens with one attached hydrogen (secondary N) is 1. The van der Waals surface area contributed by atoms with Gasteiger partial charge in [0, 0.05) is 30.6 Å². The van der Waals surface area contributed by atoms with Crippen molar-refractivity contribution in [3.05, 3.63) is 10.6 Å². The van der Waals surface area contributed by atoms with E-state index in [0.29, 0.717) is 12.1 Å². The largest absolute Gasteiger partial charge is 0.345 e. The predicted molar refractivity (Wildman–Crippen MR) is 85.8 cm³/mol. The summed E-state index contributed by atoms with van der Waals surface area (Å²) < 4.78 is 0. The van der Waals surface area contributed by atoms with Gasteiger partial charge in [0.25, 0.3) is 0 Å². The number of rotatable bonds is 3. The number of likely N-dealkylation sites (N-methyl/N-ethyl adjacent to an activating group) is 1. The molecule has 0 amide bonds. The Kier molecular flexibility index (Phi) is 4.29. The molecule has 112 valence electrons. The summed E-state index contributed by atoms with van der Waals surface area (Å²) in [5.41, 5.74) is 1.32. The van der Waals surface area contributed by atoms with Gasteiger partial charge in [-0.1, -0.05) is 6.92 Å². The maximum absolute atomic E-state index is 4.98. The minimum absolute atomic E-state index is 0.471. The molecular formula is C15H26N4S. The van der Waals surface area contributed by atoms with Gasteiger partial charge in [0.1, 0.15) is 0 Å². The van der Waals surface area contributed by atoms with Crippen LogP contribution >= 0.6 is 11.3 Å². The lowest BCUT2D eigenvalue weighted by atomic mass is 9.98. The molecule has 5 heteroatoms. The maximum atomic E-state index is 4.98. The van der Waals surface area contributed by atoms with E-state index < -0.39 is 0 Å². The van der Waals surface area contributed by atoms with Crippen molar-refractivity contribution in [2.24, 2.45) is 0 Å². The Morgan fingerprint density at radius 3 is 3.00 bits per heavy atom. The minimum atomic E-state index is 0.471. The van der Waals surface area contributed by atoms with Crippen LogP contribution in [0, 0.1) is 0 Å². The molecule has 2 unspecified atom stereocenters. The molecule has 0 bridgehead atoms. The highest BCUT2D eigenvalue weighted by Gasteiger charge is 2.28. The van der Waals surface area contributed by atoms with Crippen LogP contribution in [0.5, 0.6) is 0 Å². The molecule has 0 saturated carbocycles. The number of fused-ring (bicyclic) bond motifs is 1. The van der Waals surface area contributed by atoms with E-state index in [0.717, 1.165) is 19.6 Å². The molecule has 20 heavy (non-hydrogen) atoms. The highest BCUT2D eigenvalue weighted by Crippen LogP contribution is 2.37. The zero-order valence-corrected chi connectivity index (χ0v) is 13.7. The monoisotopic (exact) mass is 294 g/mol. The summed E-state index contributed by atoms with van der Waals surface area (Å²) in [6.45, 7) is 5.68. The van der Waals surface area contributed by atoms with Gasteiger partial charge in [-0.15, -0.1) is 11.3 Å². The highest BCUT2D eigenvalue weighted by molar-refractivity contribution is 7.15. The Bertz CT molecular complexity index is 459. The molecule has 1 fully saturated rings. The summed E-state index contributed by atoms with van der Waals surface area (Å²) in [5.74, 6) is 0.